The molecule has 6 rings (SSSR count). The number of pyridine rings is 1. The predicted molar refractivity (Wildman–Crippen MR) is 136 cm³/mol. The number of nitrogens with zero attached hydrogens (tertiary/aromatic N) is 2. The summed E-state index contributed by atoms with van der Waals surface area (Å²) in [6.45, 7) is 6.74. The maximum absolute atomic E-state index is 6.44. The number of hydrogen-bond acceptors (Lipinski definition) is 4. The fourth-order valence-electron chi connectivity index (χ4n) is 8.49. The van der Waals surface area contributed by atoms with E-state index in [2.05, 4.69) is 37.0 Å². The van der Waals surface area contributed by atoms with E-state index in [1.165, 1.54) is 63.5 Å². The Hall–Kier alpha value is -1.52. The molecule has 1 saturated heterocycles. The molecule has 1 aromatic rings. The predicted octanol–water partition coefficient (Wildman–Crippen LogP) is 6.90. The number of ether oxygens (including phenoxy) is 2. The molecule has 5 aliphatic rings. The summed E-state index contributed by atoms with van der Waals surface area (Å²) in [5.41, 5.74) is 4.92. The molecule has 0 spiro atoms. The van der Waals surface area contributed by atoms with Crippen LogP contribution in [-0.4, -0.2) is 29.7 Å². The van der Waals surface area contributed by atoms with Gasteiger partial charge in [0.25, 0.3) is 0 Å². The van der Waals surface area contributed by atoms with Gasteiger partial charge in [0.05, 0.1) is 18.3 Å². The van der Waals surface area contributed by atoms with Gasteiger partial charge in [0, 0.05) is 23.9 Å². The summed E-state index contributed by atoms with van der Waals surface area (Å²) in [5.74, 6) is 2.43. The summed E-state index contributed by atoms with van der Waals surface area (Å²) in [4.78, 5) is 9.66. The molecule has 0 aromatic carbocycles. The lowest BCUT2D eigenvalue weighted by atomic mass is 9.48. The van der Waals surface area contributed by atoms with Gasteiger partial charge in [-0.2, -0.15) is 0 Å². The molecule has 0 bridgehead atoms. The van der Waals surface area contributed by atoms with Crippen LogP contribution in [0.2, 0.25) is 0 Å². The Morgan fingerprint density at radius 3 is 2.76 bits per heavy atom. The number of fused-ring (bicyclic) bond motifs is 5. The van der Waals surface area contributed by atoms with Gasteiger partial charge in [-0.05, 0) is 106 Å². The molecule has 1 aliphatic heterocycles. The molecule has 0 N–H and O–H groups in total. The molecule has 4 heteroatoms. The highest BCUT2D eigenvalue weighted by molar-refractivity contribution is 5.92. The van der Waals surface area contributed by atoms with Crippen molar-refractivity contribution in [3.8, 4) is 0 Å². The van der Waals surface area contributed by atoms with Crippen LogP contribution in [0.15, 0.2) is 41.0 Å². The van der Waals surface area contributed by atoms with Crippen molar-refractivity contribution in [2.45, 2.75) is 103 Å². The minimum atomic E-state index is 0.0396. The maximum Gasteiger partial charge on any atom is 0.157 e. The molecule has 0 amide bonds. The van der Waals surface area contributed by atoms with E-state index in [9.17, 15) is 0 Å². The first-order valence-electron chi connectivity index (χ1n) is 14.0. The first-order chi connectivity index (χ1) is 16.6. The second kappa shape index (κ2) is 9.17. The Morgan fingerprint density at radius 1 is 1.06 bits per heavy atom. The second-order valence-corrected chi connectivity index (χ2v) is 12.1. The average molecular weight is 463 g/mol. The van der Waals surface area contributed by atoms with Crippen LogP contribution in [0, 0.1) is 28.6 Å². The molecular formula is C30H42N2O2. The summed E-state index contributed by atoms with van der Waals surface area (Å²) >= 11 is 0. The SMILES string of the molecule is C[C@]12CC[C@H](OC3CCCCO3)CC1=CC[C@@H]1[C@@H]2CC[C@]2(C)C(=NCc3ccccn3)CC[C@@H]12. The van der Waals surface area contributed by atoms with Crippen LogP contribution in [0.5, 0.6) is 0 Å². The van der Waals surface area contributed by atoms with Crippen LogP contribution < -0.4 is 0 Å². The normalized spacial score (nSPS) is 43.1. The van der Waals surface area contributed by atoms with Gasteiger partial charge in [-0.25, -0.2) is 0 Å². The van der Waals surface area contributed by atoms with Crippen LogP contribution in [0.3, 0.4) is 0 Å². The van der Waals surface area contributed by atoms with Crippen molar-refractivity contribution in [1.82, 2.24) is 4.98 Å². The van der Waals surface area contributed by atoms with Crippen molar-refractivity contribution in [3.05, 3.63) is 41.7 Å². The first kappa shape index (κ1) is 22.9. The van der Waals surface area contributed by atoms with Gasteiger partial charge >= 0.3 is 0 Å². The Balaban J connectivity index is 1.16. The monoisotopic (exact) mass is 462 g/mol. The number of allylic oxidation sites excluding steroid dienone is 1. The molecule has 1 unspecified atom stereocenters. The number of aromatic nitrogens is 1. The molecule has 0 radical (unpaired) electrons. The molecule has 184 valence electrons. The Kier molecular flexibility index (Phi) is 6.18. The third-order valence-corrected chi connectivity index (χ3v) is 10.4. The third kappa shape index (κ3) is 3.99. The van der Waals surface area contributed by atoms with Gasteiger partial charge in [-0.15, -0.1) is 0 Å². The van der Waals surface area contributed by atoms with Crippen LogP contribution in [0.4, 0.5) is 0 Å². The van der Waals surface area contributed by atoms with Crippen molar-refractivity contribution in [3.63, 3.8) is 0 Å². The first-order valence-corrected chi connectivity index (χ1v) is 14.0. The van der Waals surface area contributed by atoms with E-state index >= 15 is 0 Å². The molecule has 4 fully saturated rings. The molecular weight excluding hydrogens is 420 g/mol. The van der Waals surface area contributed by atoms with Gasteiger partial charge in [0.15, 0.2) is 6.29 Å². The lowest BCUT2D eigenvalue weighted by Gasteiger charge is -2.57. The molecule has 4 nitrogen and oxygen atoms in total. The average Bonchev–Trinajstić information content (AvgIpc) is 3.20. The molecule has 7 atom stereocenters. The standard InChI is InChI=1S/C30H42N2O2/c1-29-15-13-23(34-28-8-4-6-18-33-28)19-21(29)9-10-24-25-11-12-27(30(25,2)16-14-26(24)29)32-20-22-7-3-5-17-31-22/h3,5,7,9,17,23-26,28H,4,6,8,10-16,18-20H2,1-2H3/t23-,24-,25-,26-,28?,29-,30-/m0/s1. The summed E-state index contributed by atoms with van der Waals surface area (Å²) in [5, 5.41) is 0. The van der Waals surface area contributed by atoms with Crippen molar-refractivity contribution in [1.29, 1.82) is 0 Å². The van der Waals surface area contributed by atoms with E-state index in [0.29, 0.717) is 11.5 Å². The topological polar surface area (TPSA) is 43.7 Å². The highest BCUT2D eigenvalue weighted by Gasteiger charge is 2.57. The lowest BCUT2D eigenvalue weighted by molar-refractivity contribution is -0.195. The molecule has 1 aromatic heterocycles. The van der Waals surface area contributed by atoms with Crippen LogP contribution in [0.25, 0.3) is 0 Å². The summed E-state index contributed by atoms with van der Waals surface area (Å²) in [6.07, 6.45) is 18.4. The van der Waals surface area contributed by atoms with Gasteiger partial charge in [0.2, 0.25) is 0 Å². The zero-order valence-corrected chi connectivity index (χ0v) is 21.2. The minimum Gasteiger partial charge on any atom is -0.353 e. The fraction of sp³-hybridized carbons (Fsp3) is 0.733. The van der Waals surface area contributed by atoms with Gasteiger partial charge in [-0.3, -0.25) is 9.98 Å². The largest absolute Gasteiger partial charge is 0.353 e. The summed E-state index contributed by atoms with van der Waals surface area (Å²) < 4.78 is 12.3. The molecule has 34 heavy (non-hydrogen) atoms. The van der Waals surface area contributed by atoms with Gasteiger partial charge in [-0.1, -0.05) is 31.6 Å². The van der Waals surface area contributed by atoms with Crippen molar-refractivity contribution in [2.75, 3.05) is 6.61 Å². The summed E-state index contributed by atoms with van der Waals surface area (Å²) in [7, 11) is 0. The Bertz CT molecular complexity index is 936. The number of hydrogen-bond donors (Lipinski definition) is 0. The highest BCUT2D eigenvalue weighted by Crippen LogP contribution is 2.64. The molecule has 3 saturated carbocycles. The van der Waals surface area contributed by atoms with Crippen LogP contribution >= 0.6 is 0 Å². The Morgan fingerprint density at radius 2 is 1.94 bits per heavy atom. The van der Waals surface area contributed by atoms with Crippen molar-refractivity contribution >= 4 is 5.71 Å². The van der Waals surface area contributed by atoms with Crippen LogP contribution in [-0.2, 0) is 16.0 Å². The van der Waals surface area contributed by atoms with E-state index in [-0.39, 0.29) is 11.7 Å². The fourth-order valence-corrected chi connectivity index (χ4v) is 8.49. The highest BCUT2D eigenvalue weighted by atomic mass is 16.7. The second-order valence-electron chi connectivity index (χ2n) is 12.1. The van der Waals surface area contributed by atoms with Gasteiger partial charge in [0.1, 0.15) is 0 Å². The number of rotatable bonds is 4. The minimum absolute atomic E-state index is 0.0396. The maximum atomic E-state index is 6.44. The van der Waals surface area contributed by atoms with E-state index < -0.39 is 0 Å². The molecule has 2 heterocycles. The lowest BCUT2D eigenvalue weighted by Crippen LogP contribution is -2.50. The quantitative estimate of drug-likeness (QED) is 0.457. The van der Waals surface area contributed by atoms with E-state index in [0.717, 1.165) is 49.4 Å². The molecule has 4 aliphatic carbocycles. The van der Waals surface area contributed by atoms with Crippen LogP contribution in [0.1, 0.15) is 90.2 Å². The zero-order valence-electron chi connectivity index (χ0n) is 21.2. The Labute approximate surface area is 205 Å². The van der Waals surface area contributed by atoms with Gasteiger partial charge < -0.3 is 9.47 Å². The zero-order chi connectivity index (χ0) is 23.2. The third-order valence-electron chi connectivity index (χ3n) is 10.4. The summed E-state index contributed by atoms with van der Waals surface area (Å²) in [6, 6.07) is 6.16. The van der Waals surface area contributed by atoms with E-state index in [4.69, 9.17) is 14.5 Å². The number of aliphatic imine (C=N–C) groups is 1. The smallest absolute Gasteiger partial charge is 0.157 e. The van der Waals surface area contributed by atoms with E-state index in [1.54, 1.807) is 5.57 Å². The van der Waals surface area contributed by atoms with Crippen molar-refractivity contribution < 1.29 is 9.47 Å². The van der Waals surface area contributed by atoms with Crippen molar-refractivity contribution in [2.24, 2.45) is 33.6 Å². The van der Waals surface area contributed by atoms with E-state index in [1.807, 2.05) is 12.3 Å².